The molecule has 1 nitrogen and oxygen atoms in total. The maximum Gasteiger partial charge on any atom is 0.416 e. The molecule has 24 heavy (non-hydrogen) atoms. The lowest BCUT2D eigenvalue weighted by Crippen LogP contribution is -2.27. The van der Waals surface area contributed by atoms with Gasteiger partial charge in [0.2, 0.25) is 0 Å². The van der Waals surface area contributed by atoms with E-state index in [2.05, 4.69) is 38.2 Å². The van der Waals surface area contributed by atoms with Crippen molar-refractivity contribution in [1.29, 1.82) is 0 Å². The Morgan fingerprint density at radius 2 is 1.42 bits per heavy atom. The molecule has 0 aromatic heterocycles. The van der Waals surface area contributed by atoms with Crippen molar-refractivity contribution >= 4 is 11.4 Å². The summed E-state index contributed by atoms with van der Waals surface area (Å²) in [5.74, 6) is 0. The van der Waals surface area contributed by atoms with Crippen LogP contribution in [0.3, 0.4) is 0 Å². The average Bonchev–Trinajstić information content (AvgIpc) is 2.44. The lowest BCUT2D eigenvalue weighted by Gasteiger charge is -2.37. The maximum absolute atomic E-state index is 13.1. The van der Waals surface area contributed by atoms with Gasteiger partial charge < -0.3 is 5.32 Å². The molecule has 2 aromatic carbocycles. The molecule has 0 bridgehead atoms. The number of halogens is 3. The number of anilines is 2. The number of hydrogen-bond acceptors (Lipinski definition) is 1. The van der Waals surface area contributed by atoms with Crippen LogP contribution in [0.25, 0.3) is 0 Å². The van der Waals surface area contributed by atoms with Crippen molar-refractivity contribution in [3.05, 3.63) is 58.7 Å². The average molecular weight is 333 g/mol. The van der Waals surface area contributed by atoms with E-state index in [0.717, 1.165) is 23.0 Å². The Morgan fingerprint density at radius 1 is 0.792 bits per heavy atom. The van der Waals surface area contributed by atoms with Crippen LogP contribution in [-0.2, 0) is 17.0 Å². The molecule has 1 aliphatic heterocycles. The molecule has 4 heteroatoms. The first-order valence-corrected chi connectivity index (χ1v) is 8.04. The predicted molar refractivity (Wildman–Crippen MR) is 92.0 cm³/mol. The van der Waals surface area contributed by atoms with Gasteiger partial charge in [-0.05, 0) is 46.4 Å². The van der Waals surface area contributed by atoms with E-state index in [1.54, 1.807) is 0 Å². The van der Waals surface area contributed by atoms with Gasteiger partial charge in [0.15, 0.2) is 0 Å². The Balaban J connectivity index is 2.15. The number of rotatable bonds is 0. The molecular weight excluding hydrogens is 311 g/mol. The summed E-state index contributed by atoms with van der Waals surface area (Å²) in [6.07, 6.45) is -4.33. The first-order chi connectivity index (χ1) is 10.9. The van der Waals surface area contributed by atoms with Crippen molar-refractivity contribution < 1.29 is 13.2 Å². The van der Waals surface area contributed by atoms with Gasteiger partial charge in [0, 0.05) is 16.8 Å². The minimum absolute atomic E-state index is 0.0152. The van der Waals surface area contributed by atoms with E-state index in [1.807, 2.05) is 19.9 Å². The Labute approximate surface area is 140 Å². The van der Waals surface area contributed by atoms with Crippen molar-refractivity contribution in [3.8, 4) is 0 Å². The molecule has 1 heterocycles. The van der Waals surface area contributed by atoms with E-state index < -0.39 is 17.2 Å². The van der Waals surface area contributed by atoms with Crippen LogP contribution in [0.15, 0.2) is 36.4 Å². The van der Waals surface area contributed by atoms with Gasteiger partial charge in [-0.25, -0.2) is 0 Å². The minimum atomic E-state index is -4.33. The number of fused-ring (bicyclic) bond motifs is 2. The Hall–Kier alpha value is -1.97. The van der Waals surface area contributed by atoms with Crippen molar-refractivity contribution in [1.82, 2.24) is 0 Å². The number of alkyl halides is 3. The number of nitrogens with one attached hydrogen (secondary N) is 1. The van der Waals surface area contributed by atoms with E-state index in [9.17, 15) is 13.2 Å². The van der Waals surface area contributed by atoms with Crippen LogP contribution in [0.5, 0.6) is 0 Å². The predicted octanol–water partition coefficient (Wildman–Crippen LogP) is 6.39. The molecule has 2 aromatic rings. The molecule has 0 fully saturated rings. The first kappa shape index (κ1) is 16.9. The van der Waals surface area contributed by atoms with Gasteiger partial charge in [0.25, 0.3) is 0 Å². The largest absolute Gasteiger partial charge is 0.416 e. The highest BCUT2D eigenvalue weighted by molar-refractivity contribution is 5.76. The molecule has 1 N–H and O–H groups in total. The zero-order chi connectivity index (χ0) is 17.9. The summed E-state index contributed by atoms with van der Waals surface area (Å²) in [6.45, 7) is 10.4. The second-order valence-electron chi connectivity index (χ2n) is 8.02. The minimum Gasteiger partial charge on any atom is -0.355 e. The van der Waals surface area contributed by atoms with Gasteiger partial charge in [-0.15, -0.1) is 0 Å². The van der Waals surface area contributed by atoms with E-state index in [0.29, 0.717) is 5.56 Å². The van der Waals surface area contributed by atoms with Crippen LogP contribution >= 0.6 is 0 Å². The van der Waals surface area contributed by atoms with Gasteiger partial charge in [-0.3, -0.25) is 0 Å². The summed E-state index contributed by atoms with van der Waals surface area (Å²) in [4.78, 5) is 0. The monoisotopic (exact) mass is 333 g/mol. The third-order valence-electron chi connectivity index (χ3n) is 4.85. The van der Waals surface area contributed by atoms with Crippen molar-refractivity contribution in [2.24, 2.45) is 0 Å². The van der Waals surface area contributed by atoms with Crippen LogP contribution in [0.1, 0.15) is 56.9 Å². The molecule has 1 aliphatic rings. The van der Waals surface area contributed by atoms with Gasteiger partial charge in [-0.2, -0.15) is 13.2 Å². The molecule has 0 spiro atoms. The zero-order valence-corrected chi connectivity index (χ0v) is 14.6. The third-order valence-corrected chi connectivity index (χ3v) is 4.85. The van der Waals surface area contributed by atoms with Crippen LogP contribution in [0.2, 0.25) is 0 Å². The number of hydrogen-bond donors (Lipinski definition) is 1. The summed E-state index contributed by atoms with van der Waals surface area (Å²) in [5.41, 5.74) is 3.52. The molecule has 128 valence electrons. The van der Waals surface area contributed by atoms with Gasteiger partial charge in [-0.1, -0.05) is 46.8 Å². The second-order valence-corrected chi connectivity index (χ2v) is 8.02. The molecule has 3 rings (SSSR count). The molecule has 0 saturated carbocycles. The topological polar surface area (TPSA) is 12.0 Å². The smallest absolute Gasteiger partial charge is 0.355 e. The molecule has 0 unspecified atom stereocenters. The molecule has 0 aliphatic carbocycles. The van der Waals surface area contributed by atoms with Gasteiger partial charge in [0.05, 0.1) is 5.56 Å². The Kier molecular flexibility index (Phi) is 3.52. The fourth-order valence-corrected chi connectivity index (χ4v) is 3.30. The van der Waals surface area contributed by atoms with Crippen LogP contribution in [-0.4, -0.2) is 0 Å². The summed E-state index contributed by atoms with van der Waals surface area (Å²) in [6, 6.07) is 10.2. The highest BCUT2D eigenvalue weighted by Crippen LogP contribution is 2.47. The zero-order valence-electron chi connectivity index (χ0n) is 14.6. The van der Waals surface area contributed by atoms with Crippen molar-refractivity contribution in [3.63, 3.8) is 0 Å². The summed E-state index contributed by atoms with van der Waals surface area (Å²) >= 11 is 0. The fourth-order valence-electron chi connectivity index (χ4n) is 3.30. The van der Waals surface area contributed by atoms with Crippen molar-refractivity contribution in [2.75, 3.05) is 5.32 Å². The SMILES string of the molecule is CC(C)(C)c1ccc2c(c1)Nc1ccc(C(F)(F)F)cc1C2(C)C. The third kappa shape index (κ3) is 2.68. The van der Waals surface area contributed by atoms with E-state index >= 15 is 0 Å². The first-order valence-electron chi connectivity index (χ1n) is 8.04. The maximum atomic E-state index is 13.1. The molecular formula is C20H22F3N. The summed E-state index contributed by atoms with van der Waals surface area (Å²) in [7, 11) is 0. The fraction of sp³-hybridized carbons (Fsp3) is 0.400. The number of benzene rings is 2. The highest BCUT2D eigenvalue weighted by atomic mass is 19.4. The standard InChI is InChI=1S/C20H22F3N/c1-18(2,3)12-6-8-14-17(11-12)24-16-9-7-13(20(21,22)23)10-15(16)19(14,4)5/h6-11,24H,1-5H3. The van der Waals surface area contributed by atoms with Crippen molar-refractivity contribution in [2.45, 2.75) is 51.6 Å². The van der Waals surface area contributed by atoms with Crippen LogP contribution in [0.4, 0.5) is 24.5 Å². The van der Waals surface area contributed by atoms with Crippen LogP contribution in [0, 0.1) is 0 Å². The van der Waals surface area contributed by atoms with E-state index in [4.69, 9.17) is 0 Å². The highest BCUT2D eigenvalue weighted by Gasteiger charge is 2.37. The lowest BCUT2D eigenvalue weighted by atomic mass is 9.72. The molecule has 0 atom stereocenters. The van der Waals surface area contributed by atoms with Gasteiger partial charge in [0.1, 0.15) is 0 Å². The molecule has 0 radical (unpaired) electrons. The quantitative estimate of drug-likeness (QED) is 0.589. The molecule has 0 amide bonds. The van der Waals surface area contributed by atoms with Crippen LogP contribution < -0.4 is 5.32 Å². The second kappa shape index (κ2) is 5.01. The normalized spacial score (nSPS) is 16.2. The Morgan fingerprint density at radius 3 is 2.00 bits per heavy atom. The van der Waals surface area contributed by atoms with Gasteiger partial charge >= 0.3 is 6.18 Å². The molecule has 0 saturated heterocycles. The van der Waals surface area contributed by atoms with E-state index in [-0.39, 0.29) is 5.41 Å². The van der Waals surface area contributed by atoms with E-state index in [1.165, 1.54) is 17.7 Å². The Bertz CT molecular complexity index is 796. The summed E-state index contributed by atoms with van der Waals surface area (Å²) in [5, 5.41) is 3.32. The lowest BCUT2D eigenvalue weighted by molar-refractivity contribution is -0.137. The summed E-state index contributed by atoms with van der Waals surface area (Å²) < 4.78 is 39.2.